The van der Waals surface area contributed by atoms with E-state index in [1.54, 1.807) is 20.8 Å². The molecule has 1 amide bonds. The van der Waals surface area contributed by atoms with Crippen molar-refractivity contribution in [3.05, 3.63) is 34.6 Å². The van der Waals surface area contributed by atoms with Crippen LogP contribution in [0.25, 0.3) is 0 Å². The van der Waals surface area contributed by atoms with E-state index in [-0.39, 0.29) is 28.3 Å². The van der Waals surface area contributed by atoms with Crippen molar-refractivity contribution < 1.29 is 17.6 Å². The molecule has 1 aromatic carbocycles. The maximum atomic E-state index is 14.0. The molecule has 0 fully saturated rings. The van der Waals surface area contributed by atoms with Crippen LogP contribution in [0.15, 0.2) is 18.2 Å². The van der Waals surface area contributed by atoms with Crippen LogP contribution in [0.3, 0.4) is 0 Å². The highest BCUT2D eigenvalue weighted by molar-refractivity contribution is 7.90. The molecular formula is C15H21ClFNO3S. The number of nitrogens with one attached hydrogen (secondary N) is 1. The van der Waals surface area contributed by atoms with Gasteiger partial charge in [0.05, 0.1) is 11.2 Å². The van der Waals surface area contributed by atoms with Gasteiger partial charge >= 0.3 is 0 Å². The summed E-state index contributed by atoms with van der Waals surface area (Å²) in [6.45, 7) is 4.94. The summed E-state index contributed by atoms with van der Waals surface area (Å²) in [4.78, 5) is 12.4. The number of hydrogen-bond donors (Lipinski definition) is 1. The van der Waals surface area contributed by atoms with Gasteiger partial charge in [0, 0.05) is 22.9 Å². The number of carbonyl (C=O) groups is 1. The predicted octanol–water partition coefficient (Wildman–Crippen LogP) is 2.70. The smallest absolute Gasteiger partial charge is 0.230 e. The Kier molecular flexibility index (Phi) is 5.98. The van der Waals surface area contributed by atoms with E-state index in [0.29, 0.717) is 6.42 Å². The first kappa shape index (κ1) is 18.9. The predicted molar refractivity (Wildman–Crippen MR) is 86.4 cm³/mol. The molecule has 7 heteroatoms. The lowest BCUT2D eigenvalue weighted by molar-refractivity contribution is -0.126. The highest BCUT2D eigenvalue weighted by Gasteiger charge is 2.33. The van der Waals surface area contributed by atoms with Crippen LogP contribution < -0.4 is 5.32 Å². The van der Waals surface area contributed by atoms with E-state index in [4.69, 9.17) is 11.6 Å². The number of benzene rings is 1. The summed E-state index contributed by atoms with van der Waals surface area (Å²) >= 11 is 5.72. The molecule has 1 N–H and O–H groups in total. The van der Waals surface area contributed by atoms with Crippen molar-refractivity contribution in [2.75, 3.05) is 12.0 Å². The quantitative estimate of drug-likeness (QED) is 0.858. The molecule has 0 aliphatic rings. The van der Waals surface area contributed by atoms with Crippen LogP contribution >= 0.6 is 11.6 Å². The molecule has 0 saturated heterocycles. The van der Waals surface area contributed by atoms with Crippen molar-refractivity contribution in [2.45, 2.75) is 38.6 Å². The lowest BCUT2D eigenvalue weighted by Crippen LogP contribution is -2.45. The molecule has 0 aliphatic carbocycles. The second-order valence-corrected chi connectivity index (χ2v) is 8.74. The fraction of sp³-hybridized carbons (Fsp3) is 0.533. The third kappa shape index (κ3) is 5.25. The zero-order valence-corrected chi connectivity index (χ0v) is 14.7. The van der Waals surface area contributed by atoms with E-state index in [9.17, 15) is 17.6 Å². The minimum atomic E-state index is -3.08. The van der Waals surface area contributed by atoms with Crippen molar-refractivity contribution in [3.63, 3.8) is 0 Å². The average molecular weight is 350 g/mol. The molecule has 0 aromatic heterocycles. The van der Waals surface area contributed by atoms with E-state index in [1.165, 1.54) is 18.2 Å². The summed E-state index contributed by atoms with van der Waals surface area (Å²) in [7, 11) is -3.08. The minimum absolute atomic E-state index is 0.00974. The molecular weight excluding hydrogens is 329 g/mol. The van der Waals surface area contributed by atoms with Crippen LogP contribution in [-0.2, 0) is 20.0 Å². The fourth-order valence-electron chi connectivity index (χ4n) is 1.99. The molecule has 0 spiro atoms. The number of sulfone groups is 1. The molecule has 4 nitrogen and oxygen atoms in total. The Morgan fingerprint density at radius 2 is 2.00 bits per heavy atom. The average Bonchev–Trinajstić information content (AvgIpc) is 2.35. The molecule has 0 unspecified atom stereocenters. The van der Waals surface area contributed by atoms with E-state index < -0.39 is 21.1 Å². The molecule has 1 rings (SSSR count). The van der Waals surface area contributed by atoms with Gasteiger partial charge in [-0.25, -0.2) is 12.8 Å². The van der Waals surface area contributed by atoms with Crippen molar-refractivity contribution in [1.29, 1.82) is 0 Å². The van der Waals surface area contributed by atoms with E-state index in [1.807, 2.05) is 0 Å². The molecule has 0 bridgehead atoms. The summed E-state index contributed by atoms with van der Waals surface area (Å²) in [6, 6.07) is 3.86. The van der Waals surface area contributed by atoms with Crippen LogP contribution in [0.4, 0.5) is 4.39 Å². The standard InChI is InChI=1S/C15H21ClFNO3S/c1-10(7-8-22(4,20)21)18-14(19)15(2,3)12-6-5-11(16)9-13(12)17/h5-6,9-10H,7-8H2,1-4H3,(H,18,19)/t10-/m0/s1. The number of carbonyl (C=O) groups excluding carboxylic acids is 1. The lowest BCUT2D eigenvalue weighted by Gasteiger charge is -2.27. The highest BCUT2D eigenvalue weighted by atomic mass is 35.5. The first-order chi connectivity index (χ1) is 9.93. The van der Waals surface area contributed by atoms with Crippen LogP contribution in [-0.4, -0.2) is 32.4 Å². The van der Waals surface area contributed by atoms with Gasteiger partial charge in [0.25, 0.3) is 0 Å². The van der Waals surface area contributed by atoms with Gasteiger partial charge in [0.2, 0.25) is 5.91 Å². The van der Waals surface area contributed by atoms with Gasteiger partial charge in [0.1, 0.15) is 15.7 Å². The number of halogens is 2. The summed E-state index contributed by atoms with van der Waals surface area (Å²) in [5.74, 6) is -0.921. The topological polar surface area (TPSA) is 63.2 Å². The van der Waals surface area contributed by atoms with Crippen LogP contribution in [0.1, 0.15) is 32.8 Å². The van der Waals surface area contributed by atoms with Gasteiger partial charge < -0.3 is 5.32 Å². The maximum Gasteiger partial charge on any atom is 0.230 e. The Morgan fingerprint density at radius 1 is 1.41 bits per heavy atom. The number of rotatable bonds is 6. The van der Waals surface area contributed by atoms with Gasteiger partial charge in [-0.15, -0.1) is 0 Å². The minimum Gasteiger partial charge on any atom is -0.353 e. The van der Waals surface area contributed by atoms with Crippen LogP contribution in [0, 0.1) is 5.82 Å². The Hall–Kier alpha value is -1.14. The monoisotopic (exact) mass is 349 g/mol. The second-order valence-electron chi connectivity index (χ2n) is 6.04. The molecule has 22 heavy (non-hydrogen) atoms. The molecule has 1 aromatic rings. The Labute approximate surface area is 136 Å². The van der Waals surface area contributed by atoms with Gasteiger partial charge in [-0.1, -0.05) is 17.7 Å². The van der Waals surface area contributed by atoms with Crippen molar-refractivity contribution in [3.8, 4) is 0 Å². The first-order valence-corrected chi connectivity index (χ1v) is 9.31. The molecule has 124 valence electrons. The fourth-order valence-corrected chi connectivity index (χ4v) is 2.93. The third-order valence-corrected chi connectivity index (χ3v) is 4.68. The van der Waals surface area contributed by atoms with Gasteiger partial charge in [-0.2, -0.15) is 0 Å². The van der Waals surface area contributed by atoms with E-state index in [0.717, 1.165) is 6.26 Å². The van der Waals surface area contributed by atoms with E-state index in [2.05, 4.69) is 5.32 Å². The molecule has 0 aliphatic heterocycles. The molecule has 1 atom stereocenters. The Balaban J connectivity index is 2.82. The SMILES string of the molecule is C[C@@H](CCS(C)(=O)=O)NC(=O)C(C)(C)c1ccc(Cl)cc1F. The maximum absolute atomic E-state index is 14.0. The van der Waals surface area contributed by atoms with Gasteiger partial charge in [-0.3, -0.25) is 4.79 Å². The highest BCUT2D eigenvalue weighted by Crippen LogP contribution is 2.28. The van der Waals surface area contributed by atoms with Crippen molar-refractivity contribution in [2.24, 2.45) is 0 Å². The summed E-state index contributed by atoms with van der Waals surface area (Å²) in [5, 5.41) is 2.99. The van der Waals surface area contributed by atoms with Gasteiger partial charge in [-0.05, 0) is 39.3 Å². The number of hydrogen-bond acceptors (Lipinski definition) is 3. The van der Waals surface area contributed by atoms with Crippen LogP contribution in [0.2, 0.25) is 5.02 Å². The third-order valence-electron chi connectivity index (χ3n) is 3.47. The molecule has 0 saturated carbocycles. The molecule has 0 heterocycles. The molecule has 0 radical (unpaired) electrons. The Bertz CT molecular complexity index is 659. The normalized spacial score (nSPS) is 13.7. The van der Waals surface area contributed by atoms with E-state index >= 15 is 0 Å². The largest absolute Gasteiger partial charge is 0.353 e. The van der Waals surface area contributed by atoms with Gasteiger partial charge in [0.15, 0.2) is 0 Å². The second kappa shape index (κ2) is 6.96. The summed E-state index contributed by atoms with van der Waals surface area (Å²) in [6.07, 6.45) is 1.46. The van der Waals surface area contributed by atoms with Crippen molar-refractivity contribution in [1.82, 2.24) is 5.32 Å². The van der Waals surface area contributed by atoms with Crippen LogP contribution in [0.5, 0.6) is 0 Å². The first-order valence-electron chi connectivity index (χ1n) is 6.87. The summed E-state index contributed by atoms with van der Waals surface area (Å²) < 4.78 is 36.3. The van der Waals surface area contributed by atoms with Crippen molar-refractivity contribution >= 4 is 27.3 Å². The summed E-state index contributed by atoms with van der Waals surface area (Å²) in [5.41, 5.74) is -0.849. The lowest BCUT2D eigenvalue weighted by atomic mass is 9.83. The number of amides is 1. The zero-order chi connectivity index (χ0) is 17.1. The Morgan fingerprint density at radius 3 is 2.50 bits per heavy atom. The zero-order valence-electron chi connectivity index (χ0n) is 13.1.